The topological polar surface area (TPSA) is 44.2 Å². The van der Waals surface area contributed by atoms with Gasteiger partial charge in [-0.2, -0.15) is 0 Å². The number of hydrogen-bond donors (Lipinski definition) is 0. The van der Waals surface area contributed by atoms with Crippen LogP contribution in [0.15, 0.2) is 0 Å². The maximum atomic E-state index is 6.37. The zero-order valence-corrected chi connectivity index (χ0v) is 13.6. The van der Waals surface area contributed by atoms with E-state index in [2.05, 4.69) is 11.9 Å². The Bertz CT molecular complexity index is 513. The van der Waals surface area contributed by atoms with Crippen LogP contribution in [0.3, 0.4) is 0 Å². The maximum absolute atomic E-state index is 6.37. The first-order valence-electron chi connectivity index (χ1n) is 7.92. The minimum absolute atomic E-state index is 0.349. The third-order valence-corrected chi connectivity index (χ3v) is 4.99. The summed E-state index contributed by atoms with van der Waals surface area (Å²) in [6.45, 7) is 6.24. The molecule has 21 heavy (non-hydrogen) atoms. The molecule has 5 heteroatoms. The Morgan fingerprint density at radius 1 is 1.33 bits per heavy atom. The van der Waals surface area contributed by atoms with E-state index in [1.807, 2.05) is 6.92 Å². The van der Waals surface area contributed by atoms with Gasteiger partial charge in [0, 0.05) is 18.6 Å². The van der Waals surface area contributed by atoms with Gasteiger partial charge in [0.15, 0.2) is 5.82 Å². The molecule has 0 radical (unpaired) electrons. The van der Waals surface area contributed by atoms with Gasteiger partial charge in [-0.25, -0.2) is 9.97 Å². The van der Waals surface area contributed by atoms with Gasteiger partial charge in [0.1, 0.15) is 10.8 Å². The fraction of sp³-hybridized carbons (Fsp3) is 0.750. The van der Waals surface area contributed by atoms with Gasteiger partial charge < -0.3 is 9.47 Å². The van der Waals surface area contributed by atoms with E-state index in [1.54, 1.807) is 0 Å². The van der Waals surface area contributed by atoms with Gasteiger partial charge >= 0.3 is 0 Å². The average molecular weight is 311 g/mol. The number of aromatic nitrogens is 2. The van der Waals surface area contributed by atoms with E-state index >= 15 is 0 Å². The average Bonchev–Trinajstić information content (AvgIpc) is 2.50. The Labute approximate surface area is 131 Å². The minimum atomic E-state index is -0.349. The summed E-state index contributed by atoms with van der Waals surface area (Å²) < 4.78 is 11.6. The minimum Gasteiger partial charge on any atom is -0.376 e. The monoisotopic (exact) mass is 310 g/mol. The summed E-state index contributed by atoms with van der Waals surface area (Å²) in [4.78, 5) is 9.39. The highest BCUT2D eigenvalue weighted by Gasteiger charge is 2.40. The predicted molar refractivity (Wildman–Crippen MR) is 81.3 cm³/mol. The van der Waals surface area contributed by atoms with E-state index in [4.69, 9.17) is 26.1 Å². The Hall–Kier alpha value is -0.710. The van der Waals surface area contributed by atoms with Crippen LogP contribution in [0.5, 0.6) is 0 Å². The first-order chi connectivity index (χ1) is 10.1. The molecule has 3 rings (SSSR count). The molecule has 2 aliphatic rings. The van der Waals surface area contributed by atoms with Crippen molar-refractivity contribution < 1.29 is 9.47 Å². The first kappa shape index (κ1) is 15.2. The molecule has 116 valence electrons. The highest BCUT2D eigenvalue weighted by atomic mass is 35.5. The predicted octanol–water partition coefficient (Wildman–Crippen LogP) is 3.64. The zero-order valence-electron chi connectivity index (χ0n) is 12.8. The molecule has 1 saturated carbocycles. The molecule has 1 aliphatic carbocycles. The van der Waals surface area contributed by atoms with Gasteiger partial charge in [0.25, 0.3) is 0 Å². The summed E-state index contributed by atoms with van der Waals surface area (Å²) in [7, 11) is 0. The molecule has 0 bridgehead atoms. The van der Waals surface area contributed by atoms with Crippen LogP contribution in [0.4, 0.5) is 0 Å². The third-order valence-electron chi connectivity index (χ3n) is 4.68. The lowest BCUT2D eigenvalue weighted by molar-refractivity contribution is -0.0840. The molecule has 0 atom stereocenters. The second-order valence-corrected chi connectivity index (χ2v) is 6.53. The Kier molecular flexibility index (Phi) is 4.48. The number of rotatable bonds is 3. The van der Waals surface area contributed by atoms with Crippen LogP contribution in [0, 0.1) is 5.92 Å². The molecule has 0 saturated heterocycles. The van der Waals surface area contributed by atoms with Crippen LogP contribution >= 0.6 is 11.6 Å². The van der Waals surface area contributed by atoms with Crippen molar-refractivity contribution in [1.82, 2.24) is 9.97 Å². The van der Waals surface area contributed by atoms with Crippen molar-refractivity contribution in [2.45, 2.75) is 58.2 Å². The lowest BCUT2D eigenvalue weighted by atomic mass is 9.78. The van der Waals surface area contributed by atoms with E-state index in [1.165, 1.54) is 0 Å². The molecular weight excluding hydrogens is 288 g/mol. The van der Waals surface area contributed by atoms with Crippen molar-refractivity contribution in [1.29, 1.82) is 0 Å². The second kappa shape index (κ2) is 6.19. The lowest BCUT2D eigenvalue weighted by Crippen LogP contribution is -2.37. The van der Waals surface area contributed by atoms with E-state index in [0.717, 1.165) is 55.1 Å². The van der Waals surface area contributed by atoms with E-state index in [-0.39, 0.29) is 5.60 Å². The van der Waals surface area contributed by atoms with E-state index in [9.17, 15) is 0 Å². The molecular formula is C16H23ClN2O2. The van der Waals surface area contributed by atoms with Crippen LogP contribution in [-0.2, 0) is 28.1 Å². The highest BCUT2D eigenvalue weighted by Crippen LogP contribution is 2.42. The molecule has 4 nitrogen and oxygen atoms in total. The summed E-state index contributed by atoms with van der Waals surface area (Å²) in [6.07, 6.45) is 5.08. The van der Waals surface area contributed by atoms with Crippen molar-refractivity contribution in [3.05, 3.63) is 22.2 Å². The molecule has 0 amide bonds. The summed E-state index contributed by atoms with van der Waals surface area (Å²) in [5.74, 6) is 1.53. The van der Waals surface area contributed by atoms with E-state index < -0.39 is 0 Å². The molecule has 0 N–H and O–H groups in total. The first-order valence-corrected chi connectivity index (χ1v) is 8.30. The molecule has 2 heterocycles. The van der Waals surface area contributed by atoms with Gasteiger partial charge in [-0.1, -0.05) is 18.5 Å². The smallest absolute Gasteiger partial charge is 0.162 e. The van der Waals surface area contributed by atoms with Gasteiger partial charge in [-0.15, -0.1) is 0 Å². The normalized spacial score (nSPS) is 29.2. The molecule has 1 fully saturated rings. The zero-order chi connectivity index (χ0) is 14.9. The summed E-state index contributed by atoms with van der Waals surface area (Å²) >= 11 is 6.37. The van der Waals surface area contributed by atoms with Crippen LogP contribution < -0.4 is 0 Å². The molecule has 0 spiro atoms. The van der Waals surface area contributed by atoms with Crippen LogP contribution in [0.2, 0.25) is 5.15 Å². The van der Waals surface area contributed by atoms with Crippen LogP contribution in [0.1, 0.15) is 56.6 Å². The number of fused-ring (bicyclic) bond motifs is 1. The van der Waals surface area contributed by atoms with Crippen LogP contribution in [0.25, 0.3) is 0 Å². The number of halogens is 1. The Morgan fingerprint density at radius 2 is 2.10 bits per heavy atom. The number of nitrogens with zero attached hydrogens (tertiary/aromatic N) is 2. The molecule has 1 aromatic rings. The number of ether oxygens (including phenoxy) is 2. The van der Waals surface area contributed by atoms with Gasteiger partial charge in [0.05, 0.1) is 18.9 Å². The Morgan fingerprint density at radius 3 is 2.81 bits per heavy atom. The molecule has 1 aromatic heterocycles. The molecule has 0 aromatic carbocycles. The fourth-order valence-corrected chi connectivity index (χ4v) is 3.58. The lowest BCUT2D eigenvalue weighted by Gasteiger charge is -2.38. The molecule has 1 aliphatic heterocycles. The van der Waals surface area contributed by atoms with Crippen LogP contribution in [-0.4, -0.2) is 23.2 Å². The second-order valence-electron chi connectivity index (χ2n) is 6.18. The maximum Gasteiger partial charge on any atom is 0.162 e. The van der Waals surface area contributed by atoms with Gasteiger partial charge in [-0.3, -0.25) is 0 Å². The standard InChI is InChI=1S/C16H23ClN2O2/c1-3-21-16(7-4-11(2)5-8-16)15-18-13-6-9-20-10-12(13)14(17)19-15/h11H,3-10H2,1-2H3. The third kappa shape index (κ3) is 2.94. The fourth-order valence-electron chi connectivity index (χ4n) is 3.33. The van der Waals surface area contributed by atoms with Crippen molar-refractivity contribution in [3.8, 4) is 0 Å². The summed E-state index contributed by atoms with van der Waals surface area (Å²) in [6, 6.07) is 0. The number of hydrogen-bond acceptors (Lipinski definition) is 4. The highest BCUT2D eigenvalue weighted by molar-refractivity contribution is 6.30. The molecule has 0 unspecified atom stereocenters. The quantitative estimate of drug-likeness (QED) is 0.799. The van der Waals surface area contributed by atoms with Crippen molar-refractivity contribution >= 4 is 11.6 Å². The van der Waals surface area contributed by atoms with Gasteiger partial charge in [-0.05, 0) is 38.5 Å². The van der Waals surface area contributed by atoms with Crippen molar-refractivity contribution in [2.75, 3.05) is 13.2 Å². The summed E-state index contributed by atoms with van der Waals surface area (Å²) in [5.41, 5.74) is 1.63. The van der Waals surface area contributed by atoms with Crippen molar-refractivity contribution in [2.24, 2.45) is 5.92 Å². The van der Waals surface area contributed by atoms with Gasteiger partial charge in [0.2, 0.25) is 0 Å². The van der Waals surface area contributed by atoms with Crippen molar-refractivity contribution in [3.63, 3.8) is 0 Å². The SMILES string of the molecule is CCOC1(c2nc(Cl)c3c(n2)CCOC3)CCC(C)CC1. The Balaban J connectivity index is 1.98. The van der Waals surface area contributed by atoms with E-state index in [0.29, 0.717) is 25.0 Å². The summed E-state index contributed by atoms with van der Waals surface area (Å²) in [5, 5.41) is 0.535. The largest absolute Gasteiger partial charge is 0.376 e.